The zero-order valence-electron chi connectivity index (χ0n) is 6.56. The quantitative estimate of drug-likeness (QED) is 0.300. The standard InChI is InChI=1S/C8H9N2OS/c1-2-5-11-10-4-3-8-6-12-7-9-8/h2,4,6H,1,3,5H2. The number of rotatable bonds is 5. The van der Waals surface area contributed by atoms with E-state index in [1.807, 2.05) is 5.38 Å². The van der Waals surface area contributed by atoms with Crippen LogP contribution in [0.15, 0.2) is 23.2 Å². The number of hydrogen-bond donors (Lipinski definition) is 0. The maximum absolute atomic E-state index is 4.80. The van der Waals surface area contributed by atoms with Gasteiger partial charge in [-0.15, -0.1) is 11.3 Å². The molecule has 0 aliphatic rings. The lowest BCUT2D eigenvalue weighted by molar-refractivity contribution is 0.176. The summed E-state index contributed by atoms with van der Waals surface area (Å²) >= 11 is 1.45. The fraction of sp³-hybridized carbons (Fsp3) is 0.250. The molecule has 1 aromatic rings. The Morgan fingerprint density at radius 3 is 3.42 bits per heavy atom. The molecule has 0 saturated carbocycles. The first kappa shape index (κ1) is 8.93. The van der Waals surface area contributed by atoms with E-state index in [0.717, 1.165) is 5.69 Å². The van der Waals surface area contributed by atoms with E-state index >= 15 is 0 Å². The smallest absolute Gasteiger partial charge is 0.152 e. The highest BCUT2D eigenvalue weighted by atomic mass is 32.1. The van der Waals surface area contributed by atoms with Crippen LogP contribution in [0.2, 0.25) is 0 Å². The molecule has 3 nitrogen and oxygen atoms in total. The molecule has 0 aliphatic carbocycles. The molecule has 0 unspecified atom stereocenters. The van der Waals surface area contributed by atoms with Crippen LogP contribution >= 0.6 is 11.3 Å². The Morgan fingerprint density at radius 1 is 1.83 bits per heavy atom. The molecule has 0 aromatic carbocycles. The van der Waals surface area contributed by atoms with Crippen LogP contribution in [0.25, 0.3) is 0 Å². The molecule has 4 heteroatoms. The summed E-state index contributed by atoms with van der Waals surface area (Å²) in [5.74, 6) is 0. The van der Waals surface area contributed by atoms with Gasteiger partial charge in [-0.05, 0) is 0 Å². The zero-order valence-corrected chi connectivity index (χ0v) is 7.38. The molecule has 0 saturated heterocycles. The molecule has 63 valence electrons. The normalized spacial score (nSPS) is 10.3. The van der Waals surface area contributed by atoms with Crippen molar-refractivity contribution in [3.63, 3.8) is 0 Å². The molecule has 0 spiro atoms. The molecule has 1 radical (unpaired) electrons. The zero-order chi connectivity index (χ0) is 8.65. The molecule has 0 fully saturated rings. The number of hydrogen-bond acceptors (Lipinski definition) is 4. The Morgan fingerprint density at radius 2 is 2.75 bits per heavy atom. The number of nitrogens with zero attached hydrogens (tertiary/aromatic N) is 2. The maximum Gasteiger partial charge on any atom is 0.152 e. The molecule has 0 aliphatic heterocycles. The second kappa shape index (κ2) is 5.49. The minimum Gasteiger partial charge on any atom is -0.392 e. The average Bonchev–Trinajstić information content (AvgIpc) is 2.57. The number of aromatic nitrogens is 1. The van der Waals surface area contributed by atoms with Gasteiger partial charge in [0, 0.05) is 18.0 Å². The predicted molar refractivity (Wildman–Crippen MR) is 49.3 cm³/mol. The average molecular weight is 181 g/mol. The summed E-state index contributed by atoms with van der Waals surface area (Å²) in [6, 6.07) is 0. The van der Waals surface area contributed by atoms with E-state index in [2.05, 4.69) is 22.2 Å². The molecule has 12 heavy (non-hydrogen) atoms. The van der Waals surface area contributed by atoms with Crippen LogP contribution in [0.5, 0.6) is 0 Å². The van der Waals surface area contributed by atoms with Crippen molar-refractivity contribution < 1.29 is 4.84 Å². The second-order valence-corrected chi connectivity index (χ2v) is 2.66. The van der Waals surface area contributed by atoms with Crippen LogP contribution in [0.4, 0.5) is 0 Å². The van der Waals surface area contributed by atoms with Gasteiger partial charge in [-0.2, -0.15) is 0 Å². The van der Waals surface area contributed by atoms with Crippen LogP contribution in [-0.2, 0) is 11.3 Å². The van der Waals surface area contributed by atoms with Crippen molar-refractivity contribution in [2.75, 3.05) is 6.61 Å². The summed E-state index contributed by atoms with van der Waals surface area (Å²) in [5.41, 5.74) is 3.72. The summed E-state index contributed by atoms with van der Waals surface area (Å²) in [7, 11) is 0. The molecule has 0 atom stereocenters. The topological polar surface area (TPSA) is 34.5 Å². The van der Waals surface area contributed by atoms with Crippen molar-refractivity contribution in [1.82, 2.24) is 4.98 Å². The largest absolute Gasteiger partial charge is 0.392 e. The molecular formula is C8H9N2OS. The van der Waals surface area contributed by atoms with E-state index < -0.39 is 0 Å². The van der Waals surface area contributed by atoms with Crippen molar-refractivity contribution in [1.29, 1.82) is 0 Å². The Bertz CT molecular complexity index is 244. The fourth-order valence-electron chi connectivity index (χ4n) is 0.579. The number of thiazole rings is 1. The number of oxime groups is 1. The van der Waals surface area contributed by atoms with Gasteiger partial charge in [0.15, 0.2) is 5.51 Å². The van der Waals surface area contributed by atoms with Gasteiger partial charge in [0.1, 0.15) is 6.61 Å². The van der Waals surface area contributed by atoms with Gasteiger partial charge >= 0.3 is 0 Å². The maximum atomic E-state index is 4.80. The Hall–Kier alpha value is -1.16. The Labute approximate surface area is 75.4 Å². The van der Waals surface area contributed by atoms with E-state index in [0.29, 0.717) is 13.0 Å². The molecular weight excluding hydrogens is 172 g/mol. The second-order valence-electron chi connectivity index (χ2n) is 2.01. The minimum absolute atomic E-state index is 0.444. The lowest BCUT2D eigenvalue weighted by Crippen LogP contribution is -1.87. The molecule has 1 rings (SSSR count). The molecule has 0 bridgehead atoms. The van der Waals surface area contributed by atoms with Gasteiger partial charge in [0.2, 0.25) is 0 Å². The highest BCUT2D eigenvalue weighted by Crippen LogP contribution is 1.98. The van der Waals surface area contributed by atoms with Crippen molar-refractivity contribution in [3.8, 4) is 0 Å². The van der Waals surface area contributed by atoms with Gasteiger partial charge in [-0.25, -0.2) is 4.98 Å². The third kappa shape index (κ3) is 3.30. The summed E-state index contributed by atoms with van der Waals surface area (Å²) < 4.78 is 0. The summed E-state index contributed by atoms with van der Waals surface area (Å²) in [6.07, 6.45) is 4.01. The van der Waals surface area contributed by atoms with Crippen LogP contribution in [0, 0.1) is 5.51 Å². The van der Waals surface area contributed by atoms with Crippen molar-refractivity contribution in [2.45, 2.75) is 6.42 Å². The first-order valence-corrected chi connectivity index (χ1v) is 4.36. The van der Waals surface area contributed by atoms with Crippen LogP contribution in [-0.4, -0.2) is 17.8 Å². The van der Waals surface area contributed by atoms with Gasteiger partial charge in [0.25, 0.3) is 0 Å². The van der Waals surface area contributed by atoms with E-state index in [4.69, 9.17) is 4.84 Å². The summed E-state index contributed by atoms with van der Waals surface area (Å²) in [5, 5.41) is 5.62. The van der Waals surface area contributed by atoms with Crippen LogP contribution < -0.4 is 0 Å². The van der Waals surface area contributed by atoms with Crippen molar-refractivity contribution in [3.05, 3.63) is 29.2 Å². The van der Waals surface area contributed by atoms with E-state index in [9.17, 15) is 0 Å². The highest BCUT2D eigenvalue weighted by molar-refractivity contribution is 7.07. The van der Waals surface area contributed by atoms with E-state index in [1.165, 1.54) is 11.3 Å². The molecule has 0 amide bonds. The SMILES string of the molecule is C=CCON=CCc1cs[c]n1. The van der Waals surface area contributed by atoms with Crippen molar-refractivity contribution >= 4 is 17.6 Å². The first-order chi connectivity index (χ1) is 5.93. The molecule has 0 N–H and O–H groups in total. The Kier molecular flexibility index (Phi) is 4.08. The molecule has 1 heterocycles. The third-order valence-corrected chi connectivity index (χ3v) is 1.67. The fourth-order valence-corrected chi connectivity index (χ4v) is 1.09. The van der Waals surface area contributed by atoms with Gasteiger partial charge < -0.3 is 4.84 Å². The van der Waals surface area contributed by atoms with E-state index in [-0.39, 0.29) is 0 Å². The van der Waals surface area contributed by atoms with Crippen LogP contribution in [0.1, 0.15) is 5.69 Å². The van der Waals surface area contributed by atoms with Crippen molar-refractivity contribution in [2.24, 2.45) is 5.16 Å². The first-order valence-electron chi connectivity index (χ1n) is 3.48. The lowest BCUT2D eigenvalue weighted by Gasteiger charge is -1.90. The van der Waals surface area contributed by atoms with Gasteiger partial charge in [0.05, 0.1) is 5.69 Å². The van der Waals surface area contributed by atoms with Gasteiger partial charge in [-0.3, -0.25) is 0 Å². The van der Waals surface area contributed by atoms with E-state index in [1.54, 1.807) is 12.3 Å². The Balaban J connectivity index is 2.17. The summed E-state index contributed by atoms with van der Waals surface area (Å²) in [4.78, 5) is 8.76. The highest BCUT2D eigenvalue weighted by Gasteiger charge is 1.90. The van der Waals surface area contributed by atoms with Gasteiger partial charge in [-0.1, -0.05) is 17.8 Å². The minimum atomic E-state index is 0.444. The lowest BCUT2D eigenvalue weighted by atomic mass is 10.4. The third-order valence-electron chi connectivity index (χ3n) is 1.08. The predicted octanol–water partition coefficient (Wildman–Crippen LogP) is 1.67. The monoisotopic (exact) mass is 181 g/mol. The summed E-state index contributed by atoms with van der Waals surface area (Å²) in [6.45, 7) is 3.94. The van der Waals surface area contributed by atoms with Crippen LogP contribution in [0.3, 0.4) is 0 Å². The molecule has 1 aromatic heterocycles.